The first-order valence-electron chi connectivity index (χ1n) is 9.00. The summed E-state index contributed by atoms with van der Waals surface area (Å²) in [6.45, 7) is 1.52. The van der Waals surface area contributed by atoms with Crippen molar-refractivity contribution in [3.63, 3.8) is 0 Å². The van der Waals surface area contributed by atoms with E-state index in [1.807, 2.05) is 54.6 Å². The van der Waals surface area contributed by atoms with E-state index in [1.54, 1.807) is 12.1 Å². The molecule has 28 heavy (non-hydrogen) atoms. The summed E-state index contributed by atoms with van der Waals surface area (Å²) in [6, 6.07) is 22.6. The summed E-state index contributed by atoms with van der Waals surface area (Å²) < 4.78 is 19.4. The van der Waals surface area contributed by atoms with Gasteiger partial charge < -0.3 is 10.1 Å². The quantitative estimate of drug-likeness (QED) is 0.523. The van der Waals surface area contributed by atoms with Crippen molar-refractivity contribution in [3.05, 3.63) is 105 Å². The third-order valence-electron chi connectivity index (χ3n) is 4.21. The number of hydrogen-bond acceptors (Lipinski definition) is 2. The van der Waals surface area contributed by atoms with Crippen LogP contribution in [0, 0.1) is 5.82 Å². The van der Waals surface area contributed by atoms with Crippen molar-refractivity contribution < 1.29 is 13.9 Å². The van der Waals surface area contributed by atoms with Gasteiger partial charge in [-0.25, -0.2) is 4.39 Å². The second-order valence-corrected chi connectivity index (χ2v) is 7.35. The first kappa shape index (κ1) is 20.2. The number of amides is 1. The minimum Gasteiger partial charge on any atom is -0.372 e. The molecule has 0 fully saturated rings. The van der Waals surface area contributed by atoms with Crippen molar-refractivity contribution in [2.24, 2.45) is 0 Å². The molecule has 3 nitrogen and oxygen atoms in total. The van der Waals surface area contributed by atoms with Crippen molar-refractivity contribution >= 4 is 21.8 Å². The van der Waals surface area contributed by atoms with Gasteiger partial charge in [-0.15, -0.1) is 0 Å². The summed E-state index contributed by atoms with van der Waals surface area (Å²) in [7, 11) is 0. The van der Waals surface area contributed by atoms with E-state index in [2.05, 4.69) is 21.2 Å². The molecule has 0 aromatic heterocycles. The second-order valence-electron chi connectivity index (χ2n) is 6.50. The van der Waals surface area contributed by atoms with Crippen LogP contribution < -0.4 is 5.32 Å². The number of halogens is 2. The van der Waals surface area contributed by atoms with Gasteiger partial charge in [0.25, 0.3) is 0 Å². The molecular weight excluding hydrogens is 421 g/mol. The summed E-state index contributed by atoms with van der Waals surface area (Å²) in [6.07, 6.45) is 0.207. The van der Waals surface area contributed by atoms with E-state index < -0.39 is 0 Å². The lowest BCUT2D eigenvalue weighted by molar-refractivity contribution is -0.120. The van der Waals surface area contributed by atoms with Gasteiger partial charge in [0.1, 0.15) is 5.82 Å². The van der Waals surface area contributed by atoms with Gasteiger partial charge in [-0.1, -0.05) is 60.7 Å². The molecule has 0 unspecified atom stereocenters. The molecule has 0 heterocycles. The van der Waals surface area contributed by atoms with Gasteiger partial charge in [-0.2, -0.15) is 0 Å². The Bertz CT molecular complexity index is 931. The molecule has 3 rings (SSSR count). The maximum absolute atomic E-state index is 13.3. The summed E-state index contributed by atoms with van der Waals surface area (Å²) in [5.41, 5.74) is 3.96. The smallest absolute Gasteiger partial charge is 0.224 e. The largest absolute Gasteiger partial charge is 0.372 e. The molecule has 0 radical (unpaired) electrons. The molecule has 0 spiro atoms. The van der Waals surface area contributed by atoms with Gasteiger partial charge in [-0.05, 0) is 50.3 Å². The van der Waals surface area contributed by atoms with Crippen LogP contribution in [-0.2, 0) is 35.7 Å². The van der Waals surface area contributed by atoms with E-state index >= 15 is 0 Å². The zero-order valence-corrected chi connectivity index (χ0v) is 16.9. The summed E-state index contributed by atoms with van der Waals surface area (Å²) in [4.78, 5) is 12.2. The van der Waals surface area contributed by atoms with Gasteiger partial charge in [-0.3, -0.25) is 4.79 Å². The highest BCUT2D eigenvalue weighted by Gasteiger charge is 2.06. The number of rotatable bonds is 8. The van der Waals surface area contributed by atoms with Gasteiger partial charge in [0.15, 0.2) is 0 Å². The van der Waals surface area contributed by atoms with Crippen LogP contribution in [0.2, 0.25) is 0 Å². The van der Waals surface area contributed by atoms with Crippen LogP contribution in [-0.4, -0.2) is 5.91 Å². The number of nitrogens with one attached hydrogen (secondary N) is 1. The predicted octanol–water partition coefficient (Wildman–Crippen LogP) is 5.16. The zero-order valence-electron chi connectivity index (χ0n) is 15.3. The number of carbonyl (C=O) groups excluding carboxylic acids is 1. The first-order chi connectivity index (χ1) is 13.6. The van der Waals surface area contributed by atoms with Crippen LogP contribution in [0.3, 0.4) is 0 Å². The third kappa shape index (κ3) is 6.29. The Kier molecular flexibility index (Phi) is 7.34. The minimum absolute atomic E-state index is 0.107. The molecule has 0 saturated heterocycles. The van der Waals surface area contributed by atoms with Crippen molar-refractivity contribution in [2.45, 2.75) is 26.2 Å². The number of ether oxygens (including phenoxy) is 1. The fourth-order valence-corrected chi connectivity index (χ4v) is 3.21. The highest BCUT2D eigenvalue weighted by molar-refractivity contribution is 9.10. The van der Waals surface area contributed by atoms with Crippen LogP contribution in [0.25, 0.3) is 0 Å². The fraction of sp³-hybridized carbons (Fsp3) is 0.174. The lowest BCUT2D eigenvalue weighted by atomic mass is 10.1. The van der Waals surface area contributed by atoms with Crippen molar-refractivity contribution in [3.8, 4) is 0 Å². The molecule has 0 aliphatic heterocycles. The van der Waals surface area contributed by atoms with Crippen molar-refractivity contribution in [1.82, 2.24) is 5.32 Å². The van der Waals surface area contributed by atoms with Crippen molar-refractivity contribution in [2.75, 3.05) is 0 Å². The maximum atomic E-state index is 13.3. The molecule has 5 heteroatoms. The highest BCUT2D eigenvalue weighted by atomic mass is 79.9. The van der Waals surface area contributed by atoms with Gasteiger partial charge in [0.2, 0.25) is 5.91 Å². The monoisotopic (exact) mass is 441 g/mol. The number of hydrogen-bond donors (Lipinski definition) is 1. The fourth-order valence-electron chi connectivity index (χ4n) is 2.79. The van der Waals surface area contributed by atoms with Crippen molar-refractivity contribution in [1.29, 1.82) is 0 Å². The molecule has 0 aliphatic rings. The molecule has 0 saturated carbocycles. The van der Waals surface area contributed by atoms with E-state index in [0.717, 1.165) is 22.3 Å². The molecule has 144 valence electrons. The molecule has 0 atom stereocenters. The average molecular weight is 442 g/mol. The van der Waals surface area contributed by atoms with E-state index in [-0.39, 0.29) is 18.1 Å². The Morgan fingerprint density at radius 3 is 2.36 bits per heavy atom. The van der Waals surface area contributed by atoms with Gasteiger partial charge in [0.05, 0.1) is 24.1 Å². The molecule has 1 N–H and O–H groups in total. The highest BCUT2D eigenvalue weighted by Crippen LogP contribution is 2.17. The second kappa shape index (κ2) is 10.2. The SMILES string of the molecule is O=C(Cc1ccc(F)c(Br)c1)NCc1cccc(COCc2ccccc2)c1. The van der Waals surface area contributed by atoms with Crippen LogP contribution >= 0.6 is 15.9 Å². The summed E-state index contributed by atoms with van der Waals surface area (Å²) in [5.74, 6) is -0.445. The van der Waals surface area contributed by atoms with E-state index in [4.69, 9.17) is 4.74 Å². The molecule has 0 bridgehead atoms. The standard InChI is InChI=1S/C23H21BrFNO2/c24-21-12-18(9-10-22(21)25)13-23(27)26-14-19-7-4-8-20(11-19)16-28-15-17-5-2-1-3-6-17/h1-12H,13-16H2,(H,26,27). The van der Waals surface area contributed by atoms with E-state index in [0.29, 0.717) is 24.2 Å². The first-order valence-corrected chi connectivity index (χ1v) is 9.79. The van der Waals surface area contributed by atoms with E-state index in [1.165, 1.54) is 6.07 Å². The van der Waals surface area contributed by atoms with Gasteiger partial charge in [0, 0.05) is 6.54 Å². The zero-order chi connectivity index (χ0) is 19.8. The molecule has 0 aliphatic carbocycles. The Morgan fingerprint density at radius 1 is 0.857 bits per heavy atom. The molecular formula is C23H21BrFNO2. The van der Waals surface area contributed by atoms with E-state index in [9.17, 15) is 9.18 Å². The molecule has 3 aromatic rings. The predicted molar refractivity (Wildman–Crippen MR) is 111 cm³/mol. The van der Waals surface area contributed by atoms with Crippen LogP contribution in [0.4, 0.5) is 4.39 Å². The summed E-state index contributed by atoms with van der Waals surface area (Å²) in [5, 5.41) is 2.90. The normalized spacial score (nSPS) is 10.6. The van der Waals surface area contributed by atoms with Gasteiger partial charge >= 0.3 is 0 Å². The average Bonchev–Trinajstić information content (AvgIpc) is 2.70. The Hall–Kier alpha value is -2.50. The van der Waals surface area contributed by atoms with Crippen LogP contribution in [0.15, 0.2) is 77.3 Å². The number of benzene rings is 3. The molecule has 1 amide bonds. The Labute approximate surface area is 172 Å². The third-order valence-corrected chi connectivity index (χ3v) is 4.82. The topological polar surface area (TPSA) is 38.3 Å². The summed E-state index contributed by atoms with van der Waals surface area (Å²) >= 11 is 3.14. The Balaban J connectivity index is 1.47. The molecule has 3 aromatic carbocycles. The van der Waals surface area contributed by atoms with Crippen LogP contribution in [0.5, 0.6) is 0 Å². The lowest BCUT2D eigenvalue weighted by Gasteiger charge is -2.09. The Morgan fingerprint density at radius 2 is 1.57 bits per heavy atom. The van der Waals surface area contributed by atoms with Crippen LogP contribution in [0.1, 0.15) is 22.3 Å². The maximum Gasteiger partial charge on any atom is 0.224 e. The lowest BCUT2D eigenvalue weighted by Crippen LogP contribution is -2.24. The minimum atomic E-state index is -0.338. The number of carbonyl (C=O) groups is 1.